The summed E-state index contributed by atoms with van der Waals surface area (Å²) in [5, 5.41) is 13.0. The number of furan rings is 1. The minimum absolute atomic E-state index is 0.154. The second kappa shape index (κ2) is 8.29. The Balaban J connectivity index is 1.71. The quantitative estimate of drug-likeness (QED) is 0.582. The Labute approximate surface area is 163 Å². The van der Waals surface area contributed by atoms with Crippen LogP contribution in [0.2, 0.25) is 0 Å². The third kappa shape index (κ3) is 4.42. The van der Waals surface area contributed by atoms with Crippen LogP contribution in [-0.2, 0) is 16.0 Å². The standard InChI is InChI=1S/C21H26N4O3/c1-12(2)9-17(21(27)24-18-7-8-22-25-18)23-19(26)10-15-11-28-20-14(4)13(3)5-6-16(15)20/h5-8,11-12,17H,9-10H2,1-4H3,(H,23,26)(H2,22,24,25,27). The van der Waals surface area contributed by atoms with Crippen LogP contribution in [0, 0.1) is 19.8 Å². The first-order valence-corrected chi connectivity index (χ1v) is 9.41. The van der Waals surface area contributed by atoms with Crippen molar-refractivity contribution in [2.45, 2.75) is 46.6 Å². The fraction of sp³-hybridized carbons (Fsp3) is 0.381. The largest absolute Gasteiger partial charge is 0.464 e. The van der Waals surface area contributed by atoms with Crippen LogP contribution < -0.4 is 10.6 Å². The molecule has 2 aromatic heterocycles. The summed E-state index contributed by atoms with van der Waals surface area (Å²) in [6.07, 6.45) is 3.87. The fourth-order valence-electron chi connectivity index (χ4n) is 3.19. The van der Waals surface area contributed by atoms with E-state index in [4.69, 9.17) is 4.42 Å². The molecule has 3 N–H and O–H groups in total. The van der Waals surface area contributed by atoms with Crippen LogP contribution in [0.25, 0.3) is 11.0 Å². The van der Waals surface area contributed by atoms with Gasteiger partial charge in [-0.3, -0.25) is 14.7 Å². The first-order valence-electron chi connectivity index (χ1n) is 9.41. The minimum Gasteiger partial charge on any atom is -0.464 e. The molecule has 0 radical (unpaired) electrons. The molecule has 28 heavy (non-hydrogen) atoms. The highest BCUT2D eigenvalue weighted by Crippen LogP contribution is 2.26. The highest BCUT2D eigenvalue weighted by atomic mass is 16.3. The molecule has 0 saturated heterocycles. The zero-order chi connectivity index (χ0) is 20.3. The number of fused-ring (bicyclic) bond motifs is 1. The zero-order valence-corrected chi connectivity index (χ0v) is 16.6. The van der Waals surface area contributed by atoms with E-state index < -0.39 is 6.04 Å². The number of rotatable bonds is 7. The third-order valence-corrected chi connectivity index (χ3v) is 4.81. The molecule has 0 aliphatic heterocycles. The predicted octanol–water partition coefficient (Wildman–Crippen LogP) is 3.48. The normalized spacial score (nSPS) is 12.3. The van der Waals surface area contributed by atoms with Gasteiger partial charge in [0.2, 0.25) is 11.8 Å². The molecule has 0 saturated carbocycles. The van der Waals surface area contributed by atoms with Gasteiger partial charge < -0.3 is 15.1 Å². The first-order chi connectivity index (χ1) is 13.3. The Kier molecular flexibility index (Phi) is 5.82. The van der Waals surface area contributed by atoms with E-state index in [0.29, 0.717) is 12.2 Å². The van der Waals surface area contributed by atoms with Crippen LogP contribution in [0.5, 0.6) is 0 Å². The molecule has 0 fully saturated rings. The van der Waals surface area contributed by atoms with Gasteiger partial charge in [-0.25, -0.2) is 0 Å². The number of hydrogen-bond donors (Lipinski definition) is 3. The molecule has 0 aliphatic rings. The van der Waals surface area contributed by atoms with Crippen molar-refractivity contribution in [2.75, 3.05) is 5.32 Å². The molecule has 3 aromatic rings. The maximum Gasteiger partial charge on any atom is 0.248 e. The summed E-state index contributed by atoms with van der Waals surface area (Å²) in [5.74, 6) is 0.263. The SMILES string of the molecule is Cc1ccc2c(CC(=O)NC(CC(C)C)C(=O)Nc3ccn[nH]3)coc2c1C. The number of nitrogens with one attached hydrogen (secondary N) is 3. The number of H-pyrrole nitrogens is 1. The van der Waals surface area contributed by atoms with Crippen LogP contribution in [0.3, 0.4) is 0 Å². The monoisotopic (exact) mass is 382 g/mol. The van der Waals surface area contributed by atoms with Gasteiger partial charge in [-0.05, 0) is 37.3 Å². The van der Waals surface area contributed by atoms with Gasteiger partial charge in [0, 0.05) is 17.0 Å². The van der Waals surface area contributed by atoms with Crippen molar-refractivity contribution in [3.8, 4) is 0 Å². The lowest BCUT2D eigenvalue weighted by atomic mass is 10.0. The van der Waals surface area contributed by atoms with Crippen LogP contribution in [0.15, 0.2) is 35.1 Å². The van der Waals surface area contributed by atoms with Gasteiger partial charge in [0.05, 0.1) is 18.9 Å². The molecule has 0 bridgehead atoms. The summed E-state index contributed by atoms with van der Waals surface area (Å²) in [6.45, 7) is 8.05. The van der Waals surface area contributed by atoms with E-state index in [1.165, 1.54) is 0 Å². The molecular weight excluding hydrogens is 356 g/mol. The van der Waals surface area contributed by atoms with E-state index in [0.717, 1.165) is 27.7 Å². The van der Waals surface area contributed by atoms with Gasteiger partial charge in [-0.15, -0.1) is 0 Å². The Morgan fingerprint density at radius 3 is 2.68 bits per heavy atom. The highest BCUT2D eigenvalue weighted by molar-refractivity contribution is 5.97. The molecule has 2 heterocycles. The van der Waals surface area contributed by atoms with Gasteiger partial charge in [0.1, 0.15) is 17.4 Å². The van der Waals surface area contributed by atoms with Crippen LogP contribution in [-0.4, -0.2) is 28.1 Å². The fourth-order valence-corrected chi connectivity index (χ4v) is 3.19. The molecule has 0 aliphatic carbocycles. The van der Waals surface area contributed by atoms with Crippen LogP contribution in [0.4, 0.5) is 5.82 Å². The smallest absolute Gasteiger partial charge is 0.248 e. The van der Waals surface area contributed by atoms with Gasteiger partial charge in [0.25, 0.3) is 0 Å². The lowest BCUT2D eigenvalue weighted by Gasteiger charge is -2.19. The summed E-state index contributed by atoms with van der Waals surface area (Å²) in [6, 6.07) is 5.03. The number of amides is 2. The molecule has 1 unspecified atom stereocenters. The van der Waals surface area contributed by atoms with E-state index in [1.807, 2.05) is 39.8 Å². The van der Waals surface area contributed by atoms with Crippen molar-refractivity contribution in [2.24, 2.45) is 5.92 Å². The molecule has 0 spiro atoms. The van der Waals surface area contributed by atoms with Crippen molar-refractivity contribution in [3.05, 3.63) is 47.3 Å². The van der Waals surface area contributed by atoms with Gasteiger partial charge in [0.15, 0.2) is 0 Å². The molecule has 3 rings (SSSR count). The van der Waals surface area contributed by atoms with Gasteiger partial charge in [-0.2, -0.15) is 5.10 Å². The first kappa shape index (κ1) is 19.7. The Bertz CT molecular complexity index is 973. The summed E-state index contributed by atoms with van der Waals surface area (Å²) in [7, 11) is 0. The number of hydrogen-bond acceptors (Lipinski definition) is 4. The topological polar surface area (TPSA) is 100 Å². The summed E-state index contributed by atoms with van der Waals surface area (Å²) in [5.41, 5.74) is 3.83. The van der Waals surface area contributed by atoms with E-state index in [-0.39, 0.29) is 24.2 Å². The number of aromatic amines is 1. The lowest BCUT2D eigenvalue weighted by molar-refractivity contribution is -0.126. The Morgan fingerprint density at radius 2 is 2.00 bits per heavy atom. The van der Waals surface area contributed by atoms with E-state index in [9.17, 15) is 9.59 Å². The second-order valence-corrected chi connectivity index (χ2v) is 7.53. The van der Waals surface area contributed by atoms with Crippen molar-refractivity contribution in [3.63, 3.8) is 0 Å². The minimum atomic E-state index is -0.627. The predicted molar refractivity (Wildman–Crippen MR) is 108 cm³/mol. The van der Waals surface area contributed by atoms with Crippen LogP contribution >= 0.6 is 0 Å². The average molecular weight is 382 g/mol. The zero-order valence-electron chi connectivity index (χ0n) is 16.6. The molecule has 1 atom stereocenters. The second-order valence-electron chi connectivity index (χ2n) is 7.53. The number of nitrogens with zero attached hydrogens (tertiary/aromatic N) is 1. The lowest BCUT2D eigenvalue weighted by Crippen LogP contribution is -2.45. The number of aryl methyl sites for hydroxylation is 2. The van der Waals surface area contributed by atoms with Crippen molar-refractivity contribution in [1.82, 2.24) is 15.5 Å². The summed E-state index contributed by atoms with van der Waals surface area (Å²) >= 11 is 0. The molecule has 7 nitrogen and oxygen atoms in total. The van der Waals surface area contributed by atoms with Crippen molar-refractivity contribution >= 4 is 28.6 Å². The Hall–Kier alpha value is -3.09. The van der Waals surface area contributed by atoms with Gasteiger partial charge in [-0.1, -0.05) is 26.0 Å². The maximum absolute atomic E-state index is 12.7. The van der Waals surface area contributed by atoms with Gasteiger partial charge >= 0.3 is 0 Å². The number of anilines is 1. The van der Waals surface area contributed by atoms with Crippen LogP contribution in [0.1, 0.15) is 37.0 Å². The maximum atomic E-state index is 12.7. The van der Waals surface area contributed by atoms with E-state index in [2.05, 4.69) is 20.8 Å². The molecule has 7 heteroatoms. The van der Waals surface area contributed by atoms with Crippen molar-refractivity contribution < 1.29 is 14.0 Å². The average Bonchev–Trinajstić information content (AvgIpc) is 3.27. The third-order valence-electron chi connectivity index (χ3n) is 4.81. The molecule has 2 amide bonds. The molecule has 1 aromatic carbocycles. The molecule has 148 valence electrons. The van der Waals surface area contributed by atoms with E-state index >= 15 is 0 Å². The Morgan fingerprint density at radius 1 is 1.21 bits per heavy atom. The summed E-state index contributed by atoms with van der Waals surface area (Å²) in [4.78, 5) is 25.2. The van der Waals surface area contributed by atoms with Crippen molar-refractivity contribution in [1.29, 1.82) is 0 Å². The number of benzene rings is 1. The number of carbonyl (C=O) groups is 2. The number of carbonyl (C=O) groups excluding carboxylic acids is 2. The summed E-state index contributed by atoms with van der Waals surface area (Å²) < 4.78 is 5.68. The van der Waals surface area contributed by atoms with E-state index in [1.54, 1.807) is 18.5 Å². The number of aromatic nitrogens is 2. The highest BCUT2D eigenvalue weighted by Gasteiger charge is 2.23. The molecular formula is C21H26N4O3.